The van der Waals surface area contributed by atoms with Crippen molar-refractivity contribution < 1.29 is 19.2 Å². The predicted molar refractivity (Wildman–Crippen MR) is 128 cm³/mol. The smallest absolute Gasteiger partial charge is 0.275 e. The lowest BCUT2D eigenvalue weighted by Gasteiger charge is -2.09. The number of carbonyl (C=O) groups excluding carboxylic acids is 1. The number of amides is 1. The van der Waals surface area contributed by atoms with Gasteiger partial charge in [-0.15, -0.1) is 0 Å². The van der Waals surface area contributed by atoms with E-state index < -0.39 is 10.8 Å². The molecule has 0 saturated carbocycles. The summed E-state index contributed by atoms with van der Waals surface area (Å²) in [6, 6.07) is 17.1. The Morgan fingerprint density at radius 3 is 2.41 bits per heavy atom. The highest BCUT2D eigenvalue weighted by Gasteiger charge is 2.17. The van der Waals surface area contributed by atoms with Crippen LogP contribution in [0.3, 0.4) is 0 Å². The topological polar surface area (TPSA) is 119 Å². The Morgan fingerprint density at radius 2 is 1.74 bits per heavy atom. The quantitative estimate of drug-likeness (QED) is 0.226. The van der Waals surface area contributed by atoms with Crippen LogP contribution in [-0.2, 0) is 0 Å². The summed E-state index contributed by atoms with van der Waals surface area (Å²) in [4.78, 5) is 23.6. The van der Waals surface area contributed by atoms with E-state index in [1.807, 2.05) is 0 Å². The molecule has 0 aliphatic carbocycles. The van der Waals surface area contributed by atoms with Crippen LogP contribution >= 0.6 is 23.2 Å². The fourth-order valence-corrected chi connectivity index (χ4v) is 3.58. The van der Waals surface area contributed by atoms with Gasteiger partial charge < -0.3 is 14.8 Å². The monoisotopic (exact) mass is 498 g/mol. The third-order valence-electron chi connectivity index (χ3n) is 4.68. The number of aromatic amines is 1. The SMILES string of the molecule is COc1ccc(Oc2cc(NC(=O)c3cc(-c4ccc(Cl)cc4Cl)n[nH]3)cc([N+](=O)[O-])c2)cc1. The molecular formula is C23H16Cl2N4O5. The molecule has 0 aliphatic heterocycles. The van der Waals surface area contributed by atoms with E-state index in [1.54, 1.807) is 42.5 Å². The van der Waals surface area contributed by atoms with Crippen LogP contribution in [0.1, 0.15) is 10.5 Å². The van der Waals surface area contributed by atoms with Gasteiger partial charge in [0.05, 0.1) is 34.5 Å². The molecule has 4 aromatic rings. The third kappa shape index (κ3) is 5.28. The van der Waals surface area contributed by atoms with E-state index in [1.165, 1.54) is 31.4 Å². The maximum absolute atomic E-state index is 12.8. The molecule has 34 heavy (non-hydrogen) atoms. The summed E-state index contributed by atoms with van der Waals surface area (Å²) >= 11 is 12.1. The zero-order chi connectivity index (χ0) is 24.2. The number of methoxy groups -OCH3 is 1. The summed E-state index contributed by atoms with van der Waals surface area (Å²) < 4.78 is 10.8. The molecule has 172 valence electrons. The van der Waals surface area contributed by atoms with Crippen molar-refractivity contribution >= 4 is 40.5 Å². The second kappa shape index (κ2) is 9.82. The highest BCUT2D eigenvalue weighted by Crippen LogP contribution is 2.32. The zero-order valence-electron chi connectivity index (χ0n) is 17.5. The molecule has 0 aliphatic rings. The lowest BCUT2D eigenvalue weighted by molar-refractivity contribution is -0.384. The van der Waals surface area contributed by atoms with Gasteiger partial charge in [-0.1, -0.05) is 23.2 Å². The van der Waals surface area contributed by atoms with Crippen LogP contribution in [0.25, 0.3) is 11.3 Å². The van der Waals surface area contributed by atoms with Gasteiger partial charge in [-0.2, -0.15) is 5.10 Å². The first-order valence-electron chi connectivity index (χ1n) is 9.76. The van der Waals surface area contributed by atoms with E-state index in [0.29, 0.717) is 32.8 Å². The number of nitrogens with zero attached hydrogens (tertiary/aromatic N) is 2. The first-order valence-corrected chi connectivity index (χ1v) is 10.5. The van der Waals surface area contributed by atoms with Gasteiger partial charge >= 0.3 is 0 Å². The van der Waals surface area contributed by atoms with Gasteiger partial charge in [0.25, 0.3) is 11.6 Å². The number of rotatable bonds is 7. The Kier molecular flexibility index (Phi) is 6.67. The molecule has 0 radical (unpaired) electrons. The van der Waals surface area contributed by atoms with E-state index >= 15 is 0 Å². The van der Waals surface area contributed by atoms with E-state index in [2.05, 4.69) is 15.5 Å². The van der Waals surface area contributed by atoms with E-state index in [0.717, 1.165) is 0 Å². The minimum Gasteiger partial charge on any atom is -0.497 e. The number of hydrogen-bond donors (Lipinski definition) is 2. The van der Waals surface area contributed by atoms with Crippen LogP contribution in [-0.4, -0.2) is 28.1 Å². The molecule has 11 heteroatoms. The number of anilines is 1. The third-order valence-corrected chi connectivity index (χ3v) is 5.23. The number of halogens is 2. The fraction of sp³-hybridized carbons (Fsp3) is 0.0435. The molecule has 0 unspecified atom stereocenters. The number of H-pyrrole nitrogens is 1. The second-order valence-corrected chi connectivity index (χ2v) is 7.84. The maximum atomic E-state index is 12.8. The molecule has 1 heterocycles. The number of non-ortho nitro benzene ring substituents is 1. The number of hydrogen-bond acceptors (Lipinski definition) is 6. The van der Waals surface area contributed by atoms with Gasteiger partial charge in [-0.05, 0) is 48.5 Å². The minimum absolute atomic E-state index is 0.130. The Bertz CT molecular complexity index is 1370. The van der Waals surface area contributed by atoms with Crippen LogP contribution in [0.15, 0.2) is 66.7 Å². The number of aromatic nitrogens is 2. The Balaban J connectivity index is 1.56. The Labute approximate surface area is 203 Å². The zero-order valence-corrected chi connectivity index (χ0v) is 19.1. The van der Waals surface area contributed by atoms with Crippen LogP contribution in [0.4, 0.5) is 11.4 Å². The lowest BCUT2D eigenvalue weighted by atomic mass is 10.1. The molecule has 1 aromatic heterocycles. The normalized spacial score (nSPS) is 10.6. The van der Waals surface area contributed by atoms with Crippen LogP contribution < -0.4 is 14.8 Å². The first-order chi connectivity index (χ1) is 16.3. The highest BCUT2D eigenvalue weighted by atomic mass is 35.5. The molecule has 0 fully saturated rings. The second-order valence-electron chi connectivity index (χ2n) is 7.00. The Morgan fingerprint density at radius 1 is 1.00 bits per heavy atom. The maximum Gasteiger partial charge on any atom is 0.275 e. The lowest BCUT2D eigenvalue weighted by Crippen LogP contribution is -2.12. The van der Waals surface area contributed by atoms with Gasteiger partial charge in [0.1, 0.15) is 22.9 Å². The van der Waals surface area contributed by atoms with E-state index in [4.69, 9.17) is 32.7 Å². The minimum atomic E-state index is -0.576. The Hall–Kier alpha value is -4.08. The molecule has 9 nitrogen and oxygen atoms in total. The van der Waals surface area contributed by atoms with Gasteiger partial charge in [-0.3, -0.25) is 20.0 Å². The van der Waals surface area contributed by atoms with Crippen LogP contribution in [0, 0.1) is 10.1 Å². The number of benzene rings is 3. The van der Waals surface area contributed by atoms with Crippen molar-refractivity contribution in [2.75, 3.05) is 12.4 Å². The van der Waals surface area contributed by atoms with Crippen molar-refractivity contribution in [1.82, 2.24) is 10.2 Å². The van der Waals surface area contributed by atoms with Gasteiger partial charge in [0, 0.05) is 22.7 Å². The average molecular weight is 499 g/mol. The number of carbonyl (C=O) groups is 1. The molecule has 0 atom stereocenters. The molecule has 0 saturated heterocycles. The fourth-order valence-electron chi connectivity index (χ4n) is 3.07. The van der Waals surface area contributed by atoms with Gasteiger partial charge in [0.15, 0.2) is 0 Å². The summed E-state index contributed by atoms with van der Waals surface area (Å²) in [5.74, 6) is 0.697. The molecule has 2 N–H and O–H groups in total. The van der Waals surface area contributed by atoms with Crippen LogP contribution in [0.2, 0.25) is 10.0 Å². The molecule has 0 bridgehead atoms. The van der Waals surface area contributed by atoms with E-state index in [9.17, 15) is 14.9 Å². The summed E-state index contributed by atoms with van der Waals surface area (Å²) in [7, 11) is 1.54. The average Bonchev–Trinajstić information content (AvgIpc) is 3.29. The van der Waals surface area contributed by atoms with Crippen LogP contribution in [0.5, 0.6) is 17.2 Å². The van der Waals surface area contributed by atoms with Crippen molar-refractivity contribution in [2.45, 2.75) is 0 Å². The molecule has 1 amide bonds. The van der Waals surface area contributed by atoms with Crippen molar-refractivity contribution in [3.8, 4) is 28.5 Å². The summed E-state index contributed by atoms with van der Waals surface area (Å²) in [6.07, 6.45) is 0. The number of nitro groups is 1. The number of nitro benzene ring substituents is 1. The number of ether oxygens (including phenoxy) is 2. The van der Waals surface area contributed by atoms with E-state index in [-0.39, 0.29) is 22.8 Å². The van der Waals surface area contributed by atoms with Crippen molar-refractivity contribution in [3.05, 3.63) is 92.6 Å². The molecular weight excluding hydrogens is 483 g/mol. The van der Waals surface area contributed by atoms with Crippen molar-refractivity contribution in [1.29, 1.82) is 0 Å². The van der Waals surface area contributed by atoms with Gasteiger partial charge in [0.2, 0.25) is 0 Å². The molecule has 4 rings (SSSR count). The predicted octanol–water partition coefficient (Wildman–Crippen LogP) is 6.34. The standard InChI is InChI=1S/C23H16Cl2N4O5/c1-33-16-3-5-17(6-4-16)34-18-10-14(9-15(11-18)29(31)32)26-23(30)22-12-21(27-28-22)19-7-2-13(24)8-20(19)25/h2-12H,1H3,(H,26,30)(H,27,28). The number of nitrogens with one attached hydrogen (secondary N) is 2. The summed E-state index contributed by atoms with van der Waals surface area (Å²) in [5, 5.41) is 21.6. The highest BCUT2D eigenvalue weighted by molar-refractivity contribution is 6.36. The van der Waals surface area contributed by atoms with Crippen molar-refractivity contribution in [2.24, 2.45) is 0 Å². The first kappa shape index (κ1) is 23.1. The van der Waals surface area contributed by atoms with Gasteiger partial charge in [-0.25, -0.2) is 0 Å². The largest absolute Gasteiger partial charge is 0.497 e. The molecule has 3 aromatic carbocycles. The molecule has 0 spiro atoms. The summed E-state index contributed by atoms with van der Waals surface area (Å²) in [6.45, 7) is 0. The van der Waals surface area contributed by atoms with Crippen molar-refractivity contribution in [3.63, 3.8) is 0 Å². The summed E-state index contributed by atoms with van der Waals surface area (Å²) in [5.41, 5.74) is 1.08.